The summed E-state index contributed by atoms with van der Waals surface area (Å²) in [5.41, 5.74) is 3.75. The summed E-state index contributed by atoms with van der Waals surface area (Å²) in [4.78, 5) is 25.6. The molecule has 1 aromatic carbocycles. The van der Waals surface area contributed by atoms with Crippen molar-refractivity contribution in [2.75, 3.05) is 7.11 Å². The number of pyridine rings is 1. The Bertz CT molecular complexity index is 901. The van der Waals surface area contributed by atoms with Crippen LogP contribution in [0.3, 0.4) is 0 Å². The van der Waals surface area contributed by atoms with Gasteiger partial charge in [-0.1, -0.05) is 30.7 Å². The predicted octanol–water partition coefficient (Wildman–Crippen LogP) is 3.00. The molecule has 0 radical (unpaired) electrons. The third-order valence-electron chi connectivity index (χ3n) is 5.56. The van der Waals surface area contributed by atoms with Crippen molar-refractivity contribution >= 4 is 5.91 Å². The second-order valence-corrected chi connectivity index (χ2v) is 7.10. The van der Waals surface area contributed by atoms with Crippen molar-refractivity contribution in [3.05, 3.63) is 63.1 Å². The number of hydrogen-bond acceptors (Lipinski definition) is 3. The fraction of sp³-hybridized carbons (Fsp3) is 0.429. The van der Waals surface area contributed by atoms with E-state index < -0.39 is 0 Å². The average molecular weight is 352 g/mol. The molecular formula is C21H24N2O3. The van der Waals surface area contributed by atoms with Gasteiger partial charge in [-0.2, -0.15) is 0 Å². The van der Waals surface area contributed by atoms with Crippen LogP contribution >= 0.6 is 0 Å². The van der Waals surface area contributed by atoms with Crippen molar-refractivity contribution in [1.82, 2.24) is 9.88 Å². The fourth-order valence-corrected chi connectivity index (χ4v) is 4.26. The molecule has 0 spiro atoms. The maximum atomic E-state index is 13.2. The zero-order valence-electron chi connectivity index (χ0n) is 15.1. The van der Waals surface area contributed by atoms with Gasteiger partial charge in [0.1, 0.15) is 11.3 Å². The maximum absolute atomic E-state index is 13.2. The predicted molar refractivity (Wildman–Crippen MR) is 99.8 cm³/mol. The lowest BCUT2D eigenvalue weighted by molar-refractivity contribution is 0.0931. The number of nitrogens with zero attached hydrogens (tertiary/aromatic N) is 1. The fourth-order valence-electron chi connectivity index (χ4n) is 4.26. The first-order chi connectivity index (χ1) is 12.7. The maximum Gasteiger partial charge on any atom is 0.257 e. The molecule has 1 N–H and O–H groups in total. The smallest absolute Gasteiger partial charge is 0.257 e. The molecule has 1 aliphatic carbocycles. The molecular weight excluding hydrogens is 328 g/mol. The number of aromatic nitrogens is 1. The molecule has 1 unspecified atom stereocenters. The van der Waals surface area contributed by atoms with Crippen molar-refractivity contribution in [1.29, 1.82) is 0 Å². The number of methoxy groups -OCH3 is 1. The number of amides is 1. The summed E-state index contributed by atoms with van der Waals surface area (Å²) in [6.45, 7) is 0.671. The summed E-state index contributed by atoms with van der Waals surface area (Å²) >= 11 is 0. The lowest BCUT2D eigenvalue weighted by atomic mass is 10.0. The Kier molecular flexibility index (Phi) is 4.53. The number of carbonyl (C=O) groups is 1. The van der Waals surface area contributed by atoms with Crippen LogP contribution in [0.1, 0.15) is 58.9 Å². The van der Waals surface area contributed by atoms with E-state index in [1.807, 2.05) is 12.1 Å². The molecule has 5 heteroatoms. The van der Waals surface area contributed by atoms with Gasteiger partial charge in [-0.3, -0.25) is 9.59 Å². The quantitative estimate of drug-likeness (QED) is 0.924. The van der Waals surface area contributed by atoms with E-state index in [0.717, 1.165) is 44.2 Å². The van der Waals surface area contributed by atoms with Gasteiger partial charge in [-0.25, -0.2) is 0 Å². The van der Waals surface area contributed by atoms with Gasteiger partial charge in [0.15, 0.2) is 0 Å². The van der Waals surface area contributed by atoms with Gasteiger partial charge < -0.3 is 14.6 Å². The third-order valence-corrected chi connectivity index (χ3v) is 5.56. The zero-order chi connectivity index (χ0) is 18.1. The minimum Gasteiger partial charge on any atom is -0.496 e. The zero-order valence-corrected chi connectivity index (χ0v) is 15.1. The number of rotatable bonds is 3. The van der Waals surface area contributed by atoms with E-state index in [0.29, 0.717) is 17.9 Å². The Morgan fingerprint density at radius 1 is 1.19 bits per heavy atom. The first-order valence-corrected chi connectivity index (χ1v) is 9.38. The van der Waals surface area contributed by atoms with Gasteiger partial charge in [0, 0.05) is 18.3 Å². The molecule has 4 rings (SSSR count). The average Bonchev–Trinajstić information content (AvgIpc) is 2.88. The number of fused-ring (bicyclic) bond motifs is 2. The van der Waals surface area contributed by atoms with Crippen molar-refractivity contribution in [2.45, 2.75) is 51.1 Å². The third kappa shape index (κ3) is 2.91. The normalized spacial score (nSPS) is 18.6. The molecule has 1 amide bonds. The van der Waals surface area contributed by atoms with E-state index in [9.17, 15) is 9.59 Å². The largest absolute Gasteiger partial charge is 0.496 e. The van der Waals surface area contributed by atoms with Crippen LogP contribution in [0.25, 0.3) is 0 Å². The Labute approximate surface area is 153 Å². The van der Waals surface area contributed by atoms with Crippen LogP contribution < -0.4 is 15.6 Å². The van der Waals surface area contributed by atoms with Crippen LogP contribution in [0.4, 0.5) is 0 Å². The molecule has 1 aromatic heterocycles. The second-order valence-electron chi connectivity index (χ2n) is 7.10. The molecule has 2 aromatic rings. The summed E-state index contributed by atoms with van der Waals surface area (Å²) in [5, 5.41) is 3.18. The molecule has 0 saturated heterocycles. The highest BCUT2D eigenvalue weighted by Gasteiger charge is 2.28. The molecule has 26 heavy (non-hydrogen) atoms. The molecule has 1 aliphatic heterocycles. The standard InChI is InChI=1S/C21H24N2O3/c1-26-18-13-19(24)23-12-6-2-3-9-17(23)20(18)21(25)22-16-11-10-14-7-4-5-8-15(14)16/h4-5,7-8,13,16H,2-3,6,9-12H2,1H3,(H,22,25). The van der Waals surface area contributed by atoms with E-state index in [-0.39, 0.29) is 17.5 Å². The van der Waals surface area contributed by atoms with Crippen LogP contribution in [0.2, 0.25) is 0 Å². The summed E-state index contributed by atoms with van der Waals surface area (Å²) in [6, 6.07) is 9.72. The van der Waals surface area contributed by atoms with Crippen molar-refractivity contribution in [2.24, 2.45) is 0 Å². The number of carbonyl (C=O) groups excluding carboxylic acids is 1. The minimum absolute atomic E-state index is 0.0155. The molecule has 0 saturated carbocycles. The minimum atomic E-state index is -0.144. The van der Waals surface area contributed by atoms with Crippen molar-refractivity contribution in [3.63, 3.8) is 0 Å². The Morgan fingerprint density at radius 3 is 2.88 bits per heavy atom. The molecule has 1 atom stereocenters. The van der Waals surface area contributed by atoms with Crippen LogP contribution in [-0.2, 0) is 19.4 Å². The number of benzene rings is 1. The van der Waals surface area contributed by atoms with Crippen molar-refractivity contribution < 1.29 is 9.53 Å². The number of aryl methyl sites for hydroxylation is 1. The number of hydrogen-bond donors (Lipinski definition) is 1. The topological polar surface area (TPSA) is 60.3 Å². The van der Waals surface area contributed by atoms with Crippen LogP contribution in [0.15, 0.2) is 35.1 Å². The molecule has 0 bridgehead atoms. The second kappa shape index (κ2) is 6.98. The van der Waals surface area contributed by atoms with E-state index >= 15 is 0 Å². The van der Waals surface area contributed by atoms with E-state index in [4.69, 9.17) is 4.74 Å². The lowest BCUT2D eigenvalue weighted by Crippen LogP contribution is -2.32. The Morgan fingerprint density at radius 2 is 2.04 bits per heavy atom. The first kappa shape index (κ1) is 16.9. The van der Waals surface area contributed by atoms with E-state index in [1.165, 1.54) is 24.3 Å². The Hall–Kier alpha value is -2.56. The van der Waals surface area contributed by atoms with Gasteiger partial charge in [-0.05, 0) is 43.2 Å². The SMILES string of the molecule is COc1cc(=O)n2c(c1C(=O)NC1CCc3ccccc31)CCCCC2. The monoisotopic (exact) mass is 352 g/mol. The summed E-state index contributed by atoms with van der Waals surface area (Å²) in [6.07, 6.45) is 5.64. The van der Waals surface area contributed by atoms with E-state index in [1.54, 1.807) is 4.57 Å². The highest BCUT2D eigenvalue weighted by molar-refractivity contribution is 5.98. The highest BCUT2D eigenvalue weighted by Crippen LogP contribution is 2.32. The first-order valence-electron chi connectivity index (χ1n) is 9.38. The van der Waals surface area contributed by atoms with Crippen LogP contribution in [-0.4, -0.2) is 17.6 Å². The van der Waals surface area contributed by atoms with Gasteiger partial charge in [0.05, 0.1) is 13.2 Å². The van der Waals surface area contributed by atoms with Crippen molar-refractivity contribution in [3.8, 4) is 5.75 Å². The number of ether oxygens (including phenoxy) is 1. The molecule has 2 aliphatic rings. The summed E-state index contributed by atoms with van der Waals surface area (Å²) < 4.78 is 7.17. The lowest BCUT2D eigenvalue weighted by Gasteiger charge is -2.20. The van der Waals surface area contributed by atoms with Gasteiger partial charge in [0.2, 0.25) is 0 Å². The molecule has 5 nitrogen and oxygen atoms in total. The van der Waals surface area contributed by atoms with E-state index in [2.05, 4.69) is 17.4 Å². The molecule has 136 valence electrons. The Balaban J connectivity index is 1.71. The van der Waals surface area contributed by atoms with Gasteiger partial charge in [-0.15, -0.1) is 0 Å². The molecule has 2 heterocycles. The number of nitrogens with one attached hydrogen (secondary N) is 1. The summed E-state index contributed by atoms with van der Waals surface area (Å²) in [5.74, 6) is 0.237. The summed E-state index contributed by atoms with van der Waals surface area (Å²) in [7, 11) is 1.52. The van der Waals surface area contributed by atoms with Gasteiger partial charge in [0.25, 0.3) is 11.5 Å². The van der Waals surface area contributed by atoms with Gasteiger partial charge >= 0.3 is 0 Å². The highest BCUT2D eigenvalue weighted by atomic mass is 16.5. The molecule has 0 fully saturated rings. The van der Waals surface area contributed by atoms with Crippen LogP contribution in [0, 0.1) is 0 Å². The van der Waals surface area contributed by atoms with Crippen LogP contribution in [0.5, 0.6) is 5.75 Å².